The van der Waals surface area contributed by atoms with Crippen LogP contribution in [0, 0.1) is 13.8 Å². The van der Waals surface area contributed by atoms with E-state index in [2.05, 4.69) is 9.82 Å². The lowest BCUT2D eigenvalue weighted by Crippen LogP contribution is -2.32. The van der Waals surface area contributed by atoms with E-state index in [-0.39, 0.29) is 23.8 Å². The van der Waals surface area contributed by atoms with Crippen molar-refractivity contribution in [2.45, 2.75) is 31.7 Å². The Hall–Kier alpha value is -2.19. The number of nitrogens with one attached hydrogen (secondary N) is 1. The van der Waals surface area contributed by atoms with Crippen molar-refractivity contribution in [2.24, 2.45) is 7.05 Å². The van der Waals surface area contributed by atoms with Crippen LogP contribution in [-0.4, -0.2) is 42.6 Å². The molecule has 0 atom stereocenters. The SMILES string of the molecule is Cc1ccc(S(=O)(=O)NCCC(=O)N(C)Cc2cnn(C)c2)c(C)c1. The summed E-state index contributed by atoms with van der Waals surface area (Å²) >= 11 is 0. The second-order valence-electron chi connectivity index (χ2n) is 6.19. The fraction of sp³-hybridized carbons (Fsp3) is 0.412. The second-order valence-corrected chi connectivity index (χ2v) is 7.92. The highest BCUT2D eigenvalue weighted by atomic mass is 32.2. The summed E-state index contributed by atoms with van der Waals surface area (Å²) in [5, 5.41) is 4.06. The molecule has 7 nitrogen and oxygen atoms in total. The van der Waals surface area contributed by atoms with E-state index < -0.39 is 10.0 Å². The number of carbonyl (C=O) groups excluding carboxylic acids is 1. The zero-order valence-corrected chi connectivity index (χ0v) is 15.8. The zero-order chi connectivity index (χ0) is 18.6. The van der Waals surface area contributed by atoms with Crippen LogP contribution in [0.2, 0.25) is 0 Å². The summed E-state index contributed by atoms with van der Waals surface area (Å²) in [5.74, 6) is -0.132. The van der Waals surface area contributed by atoms with Crippen molar-refractivity contribution in [3.05, 3.63) is 47.3 Å². The molecule has 0 spiro atoms. The standard InChI is InChI=1S/C17H24N4O3S/c1-13-5-6-16(14(2)9-13)25(23,24)19-8-7-17(22)20(3)11-15-10-18-21(4)12-15/h5-6,9-10,12,19H,7-8,11H2,1-4H3. The highest BCUT2D eigenvalue weighted by molar-refractivity contribution is 7.89. The second kappa shape index (κ2) is 7.79. The van der Waals surface area contributed by atoms with Gasteiger partial charge in [0.1, 0.15) is 0 Å². The average molecular weight is 364 g/mol. The minimum absolute atomic E-state index is 0.0614. The topological polar surface area (TPSA) is 84.3 Å². The molecule has 0 bridgehead atoms. The van der Waals surface area contributed by atoms with E-state index in [0.29, 0.717) is 12.1 Å². The summed E-state index contributed by atoms with van der Waals surface area (Å²) in [6.07, 6.45) is 3.64. The normalized spacial score (nSPS) is 11.5. The molecule has 2 rings (SSSR count). The fourth-order valence-corrected chi connectivity index (χ4v) is 3.83. The first kappa shape index (κ1) is 19.1. The van der Waals surface area contributed by atoms with Crippen LogP contribution in [0.1, 0.15) is 23.1 Å². The number of carbonyl (C=O) groups is 1. The van der Waals surface area contributed by atoms with Crippen LogP contribution in [0.5, 0.6) is 0 Å². The lowest BCUT2D eigenvalue weighted by Gasteiger charge is -2.16. The lowest BCUT2D eigenvalue weighted by molar-refractivity contribution is -0.130. The molecule has 0 saturated heterocycles. The van der Waals surface area contributed by atoms with E-state index in [0.717, 1.165) is 11.1 Å². The first-order valence-electron chi connectivity index (χ1n) is 7.97. The Morgan fingerprint density at radius 2 is 2.04 bits per heavy atom. The molecule has 0 aliphatic rings. The van der Waals surface area contributed by atoms with Crippen molar-refractivity contribution < 1.29 is 13.2 Å². The number of hydrogen-bond acceptors (Lipinski definition) is 4. The van der Waals surface area contributed by atoms with Gasteiger partial charge in [-0.05, 0) is 25.5 Å². The van der Waals surface area contributed by atoms with Crippen LogP contribution < -0.4 is 4.72 Å². The van der Waals surface area contributed by atoms with Crippen molar-refractivity contribution in [2.75, 3.05) is 13.6 Å². The van der Waals surface area contributed by atoms with E-state index in [1.54, 1.807) is 41.9 Å². The molecule has 0 saturated carbocycles. The van der Waals surface area contributed by atoms with Gasteiger partial charge in [-0.3, -0.25) is 9.48 Å². The Kier molecular flexibility index (Phi) is 5.97. The zero-order valence-electron chi connectivity index (χ0n) is 15.0. The predicted octanol–water partition coefficient (Wildman–Crippen LogP) is 1.36. The molecule has 0 radical (unpaired) electrons. The predicted molar refractivity (Wildman–Crippen MR) is 95.4 cm³/mol. The Balaban J connectivity index is 1.89. The maximum Gasteiger partial charge on any atom is 0.240 e. The third-order valence-electron chi connectivity index (χ3n) is 3.85. The highest BCUT2D eigenvalue weighted by Crippen LogP contribution is 2.16. The number of amides is 1. The summed E-state index contributed by atoms with van der Waals surface area (Å²) in [4.78, 5) is 14.0. The molecular weight excluding hydrogens is 340 g/mol. The first-order valence-corrected chi connectivity index (χ1v) is 9.46. The molecule has 0 fully saturated rings. The van der Waals surface area contributed by atoms with Crippen LogP contribution in [-0.2, 0) is 28.4 Å². The van der Waals surface area contributed by atoms with Crippen molar-refractivity contribution in [1.29, 1.82) is 0 Å². The van der Waals surface area contributed by atoms with Crippen molar-refractivity contribution in [3.63, 3.8) is 0 Å². The van der Waals surface area contributed by atoms with E-state index in [9.17, 15) is 13.2 Å². The molecule has 1 aromatic heterocycles. The minimum atomic E-state index is -3.62. The Morgan fingerprint density at radius 1 is 1.32 bits per heavy atom. The van der Waals surface area contributed by atoms with Crippen LogP contribution in [0.4, 0.5) is 0 Å². The molecule has 0 aliphatic carbocycles. The van der Waals surface area contributed by atoms with E-state index in [1.165, 1.54) is 0 Å². The van der Waals surface area contributed by atoms with Gasteiger partial charge in [-0.2, -0.15) is 5.10 Å². The highest BCUT2D eigenvalue weighted by Gasteiger charge is 2.17. The molecule has 1 heterocycles. The maximum absolute atomic E-state index is 12.4. The summed E-state index contributed by atoms with van der Waals surface area (Å²) in [7, 11) is -0.118. The molecule has 1 aromatic carbocycles. The lowest BCUT2D eigenvalue weighted by atomic mass is 10.2. The van der Waals surface area contributed by atoms with Crippen LogP contribution >= 0.6 is 0 Å². The summed E-state index contributed by atoms with van der Waals surface area (Å²) in [6.45, 7) is 4.17. The first-order chi connectivity index (χ1) is 11.7. The number of aromatic nitrogens is 2. The molecule has 8 heteroatoms. The molecular formula is C17H24N4O3S. The van der Waals surface area contributed by atoms with Crippen LogP contribution in [0.25, 0.3) is 0 Å². The van der Waals surface area contributed by atoms with E-state index in [4.69, 9.17) is 0 Å². The molecule has 136 valence electrons. The molecule has 0 unspecified atom stereocenters. The number of benzene rings is 1. The van der Waals surface area contributed by atoms with Gasteiger partial charge in [-0.15, -0.1) is 0 Å². The average Bonchev–Trinajstić information content (AvgIpc) is 2.91. The third-order valence-corrected chi connectivity index (χ3v) is 5.48. The molecule has 1 N–H and O–H groups in total. The summed E-state index contributed by atoms with van der Waals surface area (Å²) in [6, 6.07) is 5.17. The van der Waals surface area contributed by atoms with Gasteiger partial charge in [0.15, 0.2) is 0 Å². The van der Waals surface area contributed by atoms with Gasteiger partial charge in [0, 0.05) is 45.4 Å². The number of nitrogens with zero attached hydrogens (tertiary/aromatic N) is 3. The Morgan fingerprint density at radius 3 is 2.64 bits per heavy atom. The van der Waals surface area contributed by atoms with Gasteiger partial charge in [0.2, 0.25) is 15.9 Å². The summed E-state index contributed by atoms with van der Waals surface area (Å²) < 4.78 is 28.9. The van der Waals surface area contributed by atoms with Crippen LogP contribution in [0.3, 0.4) is 0 Å². The molecule has 1 amide bonds. The molecule has 0 aliphatic heterocycles. The maximum atomic E-state index is 12.4. The van der Waals surface area contributed by atoms with Crippen molar-refractivity contribution >= 4 is 15.9 Å². The Bertz CT molecular complexity index is 859. The largest absolute Gasteiger partial charge is 0.341 e. The van der Waals surface area contributed by atoms with E-state index >= 15 is 0 Å². The van der Waals surface area contributed by atoms with Gasteiger partial charge in [0.25, 0.3) is 0 Å². The number of sulfonamides is 1. The van der Waals surface area contributed by atoms with Gasteiger partial charge < -0.3 is 4.90 Å². The molecule has 2 aromatic rings. The summed E-state index contributed by atoms with van der Waals surface area (Å²) in [5.41, 5.74) is 2.62. The number of hydrogen-bond donors (Lipinski definition) is 1. The number of aryl methyl sites for hydroxylation is 3. The van der Waals surface area contributed by atoms with E-state index in [1.807, 2.05) is 26.2 Å². The molecule has 25 heavy (non-hydrogen) atoms. The van der Waals surface area contributed by atoms with Gasteiger partial charge in [-0.1, -0.05) is 17.7 Å². The fourth-order valence-electron chi connectivity index (χ4n) is 2.58. The number of rotatable bonds is 7. The van der Waals surface area contributed by atoms with Crippen molar-refractivity contribution in [3.8, 4) is 0 Å². The smallest absolute Gasteiger partial charge is 0.240 e. The van der Waals surface area contributed by atoms with Gasteiger partial charge >= 0.3 is 0 Å². The monoisotopic (exact) mass is 364 g/mol. The van der Waals surface area contributed by atoms with Crippen LogP contribution in [0.15, 0.2) is 35.5 Å². The van der Waals surface area contributed by atoms with Crippen molar-refractivity contribution in [1.82, 2.24) is 19.4 Å². The quantitative estimate of drug-likeness (QED) is 0.804. The van der Waals surface area contributed by atoms with Gasteiger partial charge in [0.05, 0.1) is 11.1 Å². The Labute approximate surface area is 148 Å². The minimum Gasteiger partial charge on any atom is -0.341 e. The third kappa shape index (κ3) is 5.14. The van der Waals surface area contributed by atoms with Gasteiger partial charge in [-0.25, -0.2) is 13.1 Å².